The minimum Gasteiger partial charge on any atom is -0.454 e. The van der Waals surface area contributed by atoms with Gasteiger partial charge in [-0.1, -0.05) is 6.07 Å². The molecule has 0 aliphatic carbocycles. The van der Waals surface area contributed by atoms with Crippen LogP contribution >= 0.6 is 11.3 Å². The molecule has 7 heteroatoms. The van der Waals surface area contributed by atoms with Crippen LogP contribution in [0.2, 0.25) is 0 Å². The van der Waals surface area contributed by atoms with Gasteiger partial charge in [-0.05, 0) is 17.7 Å². The molecule has 104 valence electrons. The highest BCUT2D eigenvalue weighted by Crippen LogP contribution is 2.32. The van der Waals surface area contributed by atoms with E-state index >= 15 is 0 Å². The molecule has 3 N–H and O–H groups in total. The number of hydrogen-bond donors (Lipinski definition) is 2. The van der Waals surface area contributed by atoms with Crippen LogP contribution in [0.4, 0.5) is 5.13 Å². The molecular formula is C13H13N3O3S. The van der Waals surface area contributed by atoms with Gasteiger partial charge in [0.15, 0.2) is 16.6 Å². The fraction of sp³-hybridized carbons (Fsp3) is 0.231. The van der Waals surface area contributed by atoms with Crippen LogP contribution in [0, 0.1) is 0 Å². The Morgan fingerprint density at radius 2 is 2.25 bits per heavy atom. The fourth-order valence-electron chi connectivity index (χ4n) is 1.89. The summed E-state index contributed by atoms with van der Waals surface area (Å²) in [6.07, 6.45) is 0.288. The minimum atomic E-state index is -0.0737. The molecule has 0 saturated heterocycles. The zero-order valence-corrected chi connectivity index (χ0v) is 11.4. The van der Waals surface area contributed by atoms with Crippen LogP contribution in [0.5, 0.6) is 11.5 Å². The first-order chi connectivity index (χ1) is 9.70. The van der Waals surface area contributed by atoms with E-state index in [1.165, 1.54) is 11.3 Å². The van der Waals surface area contributed by atoms with Crippen molar-refractivity contribution in [2.24, 2.45) is 0 Å². The van der Waals surface area contributed by atoms with Crippen LogP contribution in [-0.4, -0.2) is 17.7 Å². The van der Waals surface area contributed by atoms with Gasteiger partial charge in [0.2, 0.25) is 12.7 Å². The molecule has 3 rings (SSSR count). The number of ether oxygens (including phenoxy) is 2. The molecular weight excluding hydrogens is 278 g/mol. The number of thiazole rings is 1. The largest absolute Gasteiger partial charge is 0.454 e. The number of benzene rings is 1. The zero-order chi connectivity index (χ0) is 13.9. The molecule has 1 amide bonds. The second-order valence-electron chi connectivity index (χ2n) is 4.32. The van der Waals surface area contributed by atoms with Crippen molar-refractivity contribution in [3.8, 4) is 11.5 Å². The van der Waals surface area contributed by atoms with Crippen LogP contribution in [-0.2, 0) is 17.8 Å². The van der Waals surface area contributed by atoms with Crippen molar-refractivity contribution in [2.75, 3.05) is 12.5 Å². The van der Waals surface area contributed by atoms with Crippen LogP contribution in [0.15, 0.2) is 23.6 Å². The summed E-state index contributed by atoms with van der Waals surface area (Å²) in [5.41, 5.74) is 7.18. The Morgan fingerprint density at radius 1 is 1.40 bits per heavy atom. The van der Waals surface area contributed by atoms with E-state index in [0.29, 0.717) is 23.2 Å². The van der Waals surface area contributed by atoms with Gasteiger partial charge in [-0.2, -0.15) is 0 Å². The van der Waals surface area contributed by atoms with Gasteiger partial charge in [0.05, 0.1) is 18.7 Å². The lowest BCUT2D eigenvalue weighted by atomic mass is 10.1. The van der Waals surface area contributed by atoms with E-state index in [-0.39, 0.29) is 19.1 Å². The number of nitrogen functional groups attached to an aromatic ring is 1. The first-order valence-corrected chi connectivity index (χ1v) is 6.94. The van der Waals surface area contributed by atoms with Gasteiger partial charge in [-0.25, -0.2) is 4.98 Å². The monoisotopic (exact) mass is 291 g/mol. The average molecular weight is 291 g/mol. The molecule has 0 bridgehead atoms. The van der Waals surface area contributed by atoms with Gasteiger partial charge in [0.25, 0.3) is 0 Å². The highest BCUT2D eigenvalue weighted by Gasteiger charge is 2.14. The number of carbonyl (C=O) groups excluding carboxylic acids is 1. The van der Waals surface area contributed by atoms with Crippen molar-refractivity contribution in [1.82, 2.24) is 10.3 Å². The fourth-order valence-corrected chi connectivity index (χ4v) is 2.45. The standard InChI is InChI=1S/C13H13N3O3S/c14-13-16-9(6-20-13)5-15-12(17)4-8-1-2-10-11(3-8)19-7-18-10/h1-3,6H,4-5,7H2,(H2,14,16)(H,15,17). The summed E-state index contributed by atoms with van der Waals surface area (Å²) in [5.74, 6) is 1.32. The molecule has 1 aromatic heterocycles. The Morgan fingerprint density at radius 3 is 3.05 bits per heavy atom. The quantitative estimate of drug-likeness (QED) is 0.887. The lowest BCUT2D eigenvalue weighted by molar-refractivity contribution is -0.120. The van der Waals surface area contributed by atoms with Gasteiger partial charge in [-0.3, -0.25) is 4.79 Å². The maximum Gasteiger partial charge on any atom is 0.231 e. The van der Waals surface area contributed by atoms with Crippen molar-refractivity contribution >= 4 is 22.4 Å². The van der Waals surface area contributed by atoms with Crippen molar-refractivity contribution in [3.05, 3.63) is 34.8 Å². The van der Waals surface area contributed by atoms with Gasteiger partial charge in [-0.15, -0.1) is 11.3 Å². The van der Waals surface area contributed by atoms with E-state index in [1.54, 1.807) is 0 Å². The first-order valence-electron chi connectivity index (χ1n) is 6.06. The number of amides is 1. The molecule has 0 saturated carbocycles. The first kappa shape index (κ1) is 12.7. The van der Waals surface area contributed by atoms with Crippen LogP contribution < -0.4 is 20.5 Å². The lowest BCUT2D eigenvalue weighted by Gasteiger charge is -2.04. The van der Waals surface area contributed by atoms with Crippen molar-refractivity contribution in [3.63, 3.8) is 0 Å². The molecule has 1 aromatic carbocycles. The Kier molecular flexibility index (Phi) is 3.42. The second-order valence-corrected chi connectivity index (χ2v) is 5.21. The molecule has 20 heavy (non-hydrogen) atoms. The van der Waals surface area contributed by atoms with E-state index < -0.39 is 0 Å². The summed E-state index contributed by atoms with van der Waals surface area (Å²) in [6.45, 7) is 0.618. The molecule has 2 aromatic rings. The van der Waals surface area contributed by atoms with Gasteiger partial charge < -0.3 is 20.5 Å². The highest BCUT2D eigenvalue weighted by molar-refractivity contribution is 7.13. The summed E-state index contributed by atoms with van der Waals surface area (Å²) in [4.78, 5) is 15.9. The summed E-state index contributed by atoms with van der Waals surface area (Å²) in [6, 6.07) is 5.49. The molecule has 6 nitrogen and oxygen atoms in total. The van der Waals surface area contributed by atoms with Gasteiger partial charge >= 0.3 is 0 Å². The number of aromatic nitrogens is 1. The molecule has 0 fully saturated rings. The number of carbonyl (C=O) groups is 1. The van der Waals surface area contributed by atoms with Crippen LogP contribution in [0.3, 0.4) is 0 Å². The average Bonchev–Trinajstić information content (AvgIpc) is 3.04. The van der Waals surface area contributed by atoms with Crippen molar-refractivity contribution in [2.45, 2.75) is 13.0 Å². The molecule has 0 atom stereocenters. The molecule has 1 aliphatic heterocycles. The van der Waals surface area contributed by atoms with E-state index in [2.05, 4.69) is 10.3 Å². The maximum absolute atomic E-state index is 11.9. The second kappa shape index (κ2) is 5.38. The number of nitrogens with zero attached hydrogens (tertiary/aromatic N) is 1. The number of anilines is 1. The van der Waals surface area contributed by atoms with Gasteiger partial charge in [0, 0.05) is 5.38 Å². The summed E-state index contributed by atoms with van der Waals surface area (Å²) < 4.78 is 10.5. The minimum absolute atomic E-state index is 0.0737. The number of hydrogen-bond acceptors (Lipinski definition) is 6. The smallest absolute Gasteiger partial charge is 0.231 e. The van der Waals surface area contributed by atoms with Gasteiger partial charge in [0.1, 0.15) is 0 Å². The number of rotatable bonds is 4. The predicted octanol–water partition coefficient (Wildman–Crippen LogP) is 1.31. The number of nitrogens with one attached hydrogen (secondary N) is 1. The normalized spacial score (nSPS) is 12.4. The topological polar surface area (TPSA) is 86.5 Å². The summed E-state index contributed by atoms with van der Waals surface area (Å²) in [7, 11) is 0. The molecule has 0 spiro atoms. The van der Waals surface area contributed by atoms with Crippen molar-refractivity contribution in [1.29, 1.82) is 0 Å². The van der Waals surface area contributed by atoms with E-state index in [4.69, 9.17) is 15.2 Å². The molecule has 2 heterocycles. The Hall–Kier alpha value is -2.28. The third kappa shape index (κ3) is 2.83. The Labute approximate surface area is 119 Å². The van der Waals surface area contributed by atoms with E-state index in [0.717, 1.165) is 11.3 Å². The van der Waals surface area contributed by atoms with Crippen LogP contribution in [0.25, 0.3) is 0 Å². The summed E-state index contributed by atoms with van der Waals surface area (Å²) >= 11 is 1.36. The third-order valence-corrected chi connectivity index (χ3v) is 3.56. The molecule has 1 aliphatic rings. The van der Waals surface area contributed by atoms with Crippen LogP contribution in [0.1, 0.15) is 11.3 Å². The van der Waals surface area contributed by atoms with E-state index in [1.807, 2.05) is 23.6 Å². The Balaban J connectivity index is 1.56. The third-order valence-electron chi connectivity index (χ3n) is 2.84. The lowest BCUT2D eigenvalue weighted by Crippen LogP contribution is -2.24. The Bertz CT molecular complexity index is 642. The highest BCUT2D eigenvalue weighted by atomic mass is 32.1. The predicted molar refractivity (Wildman–Crippen MR) is 74.6 cm³/mol. The maximum atomic E-state index is 11.9. The molecule has 0 unspecified atom stereocenters. The van der Waals surface area contributed by atoms with Crippen molar-refractivity contribution < 1.29 is 14.3 Å². The number of nitrogens with two attached hydrogens (primary N) is 1. The number of fused-ring (bicyclic) bond motifs is 1. The zero-order valence-electron chi connectivity index (χ0n) is 10.6. The van der Waals surface area contributed by atoms with E-state index in [9.17, 15) is 4.79 Å². The SMILES string of the molecule is Nc1nc(CNC(=O)Cc2ccc3c(c2)OCO3)cs1. The molecule has 0 radical (unpaired) electrons. The summed E-state index contributed by atoms with van der Waals surface area (Å²) in [5, 5.41) is 5.14.